The number of nitrogens with zero attached hydrogens (tertiary/aromatic N) is 1. The molecule has 0 spiro atoms. The summed E-state index contributed by atoms with van der Waals surface area (Å²) in [6.45, 7) is 10.2. The molecule has 2 fully saturated rings. The van der Waals surface area contributed by atoms with Gasteiger partial charge in [-0.3, -0.25) is 9.59 Å². The van der Waals surface area contributed by atoms with E-state index < -0.39 is 47.3 Å². The fourth-order valence-corrected chi connectivity index (χ4v) is 2.97. The van der Waals surface area contributed by atoms with Gasteiger partial charge in [-0.15, -0.1) is 0 Å². The summed E-state index contributed by atoms with van der Waals surface area (Å²) in [6.07, 6.45) is -0.147. The molecular weight excluding hydrogens is 328 g/mol. The number of alkyl carbamates (subject to hydrolysis) is 1. The highest BCUT2D eigenvalue weighted by Gasteiger charge is 2.58. The van der Waals surface area contributed by atoms with Gasteiger partial charge < -0.3 is 19.7 Å². The summed E-state index contributed by atoms with van der Waals surface area (Å²) in [5.41, 5.74) is -1.44. The van der Waals surface area contributed by atoms with Crippen LogP contribution >= 0.6 is 0 Å². The predicted molar refractivity (Wildman–Crippen MR) is 87.7 cm³/mol. The van der Waals surface area contributed by atoms with E-state index in [1.807, 2.05) is 0 Å². The first-order valence-electron chi connectivity index (χ1n) is 8.37. The molecule has 0 bridgehead atoms. The van der Waals surface area contributed by atoms with Crippen LogP contribution in [0.15, 0.2) is 0 Å². The van der Waals surface area contributed by atoms with Crippen LogP contribution in [0.3, 0.4) is 0 Å². The van der Waals surface area contributed by atoms with E-state index in [0.29, 0.717) is 6.42 Å². The van der Waals surface area contributed by atoms with Crippen LogP contribution in [-0.4, -0.2) is 58.0 Å². The second kappa shape index (κ2) is 6.31. The summed E-state index contributed by atoms with van der Waals surface area (Å²) in [5, 5.41) is 2.53. The molecule has 0 saturated carbocycles. The molecule has 0 aromatic heterocycles. The quantitative estimate of drug-likeness (QED) is 0.454. The number of β-lactam (4-membered cyclic amide) rings is 1. The van der Waals surface area contributed by atoms with Gasteiger partial charge in [0.15, 0.2) is 11.8 Å². The summed E-state index contributed by atoms with van der Waals surface area (Å²) >= 11 is 0. The van der Waals surface area contributed by atoms with Gasteiger partial charge in [-0.2, -0.15) is 0 Å². The number of fused-ring (bicyclic) bond motifs is 1. The molecule has 0 aromatic rings. The fourth-order valence-electron chi connectivity index (χ4n) is 2.97. The molecular formula is C17H26N2O6. The van der Waals surface area contributed by atoms with E-state index in [1.54, 1.807) is 41.5 Å². The Kier molecular flexibility index (Phi) is 4.85. The molecule has 2 aliphatic rings. The first-order chi connectivity index (χ1) is 11.3. The molecule has 2 rings (SSSR count). The number of amides is 2. The number of rotatable bonds is 2. The highest BCUT2D eigenvalue weighted by molar-refractivity contribution is 6.09. The number of ketones is 1. The van der Waals surface area contributed by atoms with Crippen LogP contribution < -0.4 is 5.32 Å². The van der Waals surface area contributed by atoms with E-state index in [-0.39, 0.29) is 12.2 Å². The lowest BCUT2D eigenvalue weighted by molar-refractivity contribution is -0.180. The summed E-state index contributed by atoms with van der Waals surface area (Å²) < 4.78 is 10.4. The van der Waals surface area contributed by atoms with Crippen LogP contribution in [0.25, 0.3) is 0 Å². The summed E-state index contributed by atoms with van der Waals surface area (Å²) in [4.78, 5) is 50.0. The van der Waals surface area contributed by atoms with Gasteiger partial charge in [0.05, 0.1) is 6.04 Å². The van der Waals surface area contributed by atoms with E-state index >= 15 is 0 Å². The topological polar surface area (TPSA) is 102 Å². The van der Waals surface area contributed by atoms with E-state index in [2.05, 4.69) is 5.32 Å². The van der Waals surface area contributed by atoms with Crippen LogP contribution in [0, 0.1) is 0 Å². The minimum atomic E-state index is -1.23. The second-order valence-corrected chi connectivity index (χ2v) is 8.38. The lowest BCUT2D eigenvalue weighted by Gasteiger charge is -2.52. The zero-order valence-electron chi connectivity index (χ0n) is 15.5. The van der Waals surface area contributed by atoms with Gasteiger partial charge in [-0.05, 0) is 48.0 Å². The van der Waals surface area contributed by atoms with Gasteiger partial charge in [-0.1, -0.05) is 0 Å². The Morgan fingerprint density at radius 2 is 1.60 bits per heavy atom. The average molecular weight is 354 g/mol. The SMILES string of the molecule is CC(C)(C)OC(=O)NC1C(=O)N2C(C(=O)OC(C)(C)C)C(=O)CCC12. The van der Waals surface area contributed by atoms with Gasteiger partial charge in [0.25, 0.3) is 0 Å². The Bertz CT molecular complexity index is 601. The van der Waals surface area contributed by atoms with Crippen molar-refractivity contribution in [3.05, 3.63) is 0 Å². The van der Waals surface area contributed by atoms with Gasteiger partial charge >= 0.3 is 12.1 Å². The summed E-state index contributed by atoms with van der Waals surface area (Å²) in [6, 6.07) is -2.43. The van der Waals surface area contributed by atoms with Crippen molar-refractivity contribution in [1.82, 2.24) is 10.2 Å². The largest absolute Gasteiger partial charge is 0.458 e. The van der Waals surface area contributed by atoms with Gasteiger partial charge in [-0.25, -0.2) is 9.59 Å². The number of hydrogen-bond acceptors (Lipinski definition) is 6. The van der Waals surface area contributed by atoms with Crippen LogP contribution in [0.2, 0.25) is 0 Å². The monoisotopic (exact) mass is 354 g/mol. The van der Waals surface area contributed by atoms with Crippen molar-refractivity contribution in [1.29, 1.82) is 0 Å². The first kappa shape index (κ1) is 19.2. The normalized spacial score (nSPS) is 26.5. The van der Waals surface area contributed by atoms with Crippen molar-refractivity contribution < 1.29 is 28.7 Å². The van der Waals surface area contributed by atoms with Crippen LogP contribution in [0.5, 0.6) is 0 Å². The molecule has 8 nitrogen and oxygen atoms in total. The molecule has 3 atom stereocenters. The maximum Gasteiger partial charge on any atom is 0.408 e. The molecule has 1 N–H and O–H groups in total. The lowest BCUT2D eigenvalue weighted by Crippen LogP contribution is -2.77. The predicted octanol–water partition coefficient (Wildman–Crippen LogP) is 1.16. The Balaban J connectivity index is 2.07. The lowest BCUT2D eigenvalue weighted by atomic mass is 9.82. The molecule has 3 unspecified atom stereocenters. The van der Waals surface area contributed by atoms with Crippen LogP contribution in [0.1, 0.15) is 54.4 Å². The van der Waals surface area contributed by atoms with Crippen LogP contribution in [0.4, 0.5) is 4.79 Å². The number of hydrogen-bond donors (Lipinski definition) is 1. The fraction of sp³-hybridized carbons (Fsp3) is 0.765. The Hall–Kier alpha value is -2.12. The molecule has 0 radical (unpaired) electrons. The average Bonchev–Trinajstić information content (AvgIpc) is 2.40. The molecule has 0 aliphatic carbocycles. The standard InChI is InChI=1S/C17H26N2O6/c1-16(2,3)24-14(22)12-10(20)8-7-9-11(13(21)19(9)12)18-15(23)25-17(4,5)6/h9,11-12H,7-8H2,1-6H3,(H,18,23). The van der Waals surface area contributed by atoms with Crippen molar-refractivity contribution in [2.24, 2.45) is 0 Å². The van der Waals surface area contributed by atoms with Crippen molar-refractivity contribution >= 4 is 23.8 Å². The first-order valence-corrected chi connectivity index (χ1v) is 8.37. The molecule has 140 valence electrons. The van der Waals surface area contributed by atoms with E-state index in [4.69, 9.17) is 9.47 Å². The summed E-state index contributed by atoms with van der Waals surface area (Å²) in [7, 11) is 0. The van der Waals surface area contributed by atoms with Crippen LogP contribution in [-0.2, 0) is 23.9 Å². The minimum Gasteiger partial charge on any atom is -0.458 e. The number of piperidine rings is 1. The van der Waals surface area contributed by atoms with Gasteiger partial charge in [0.2, 0.25) is 5.91 Å². The zero-order valence-corrected chi connectivity index (χ0v) is 15.5. The Morgan fingerprint density at radius 1 is 1.04 bits per heavy atom. The molecule has 8 heteroatoms. The highest BCUT2D eigenvalue weighted by Crippen LogP contribution is 2.33. The molecule has 2 saturated heterocycles. The van der Waals surface area contributed by atoms with Crippen molar-refractivity contribution in [2.75, 3.05) is 0 Å². The Labute approximate surface area is 147 Å². The van der Waals surface area contributed by atoms with E-state index in [1.165, 1.54) is 4.90 Å². The maximum absolute atomic E-state index is 12.4. The van der Waals surface area contributed by atoms with Gasteiger partial charge in [0.1, 0.15) is 17.2 Å². The third kappa shape index (κ3) is 4.29. The van der Waals surface area contributed by atoms with E-state index in [0.717, 1.165) is 0 Å². The molecule has 2 heterocycles. The summed E-state index contributed by atoms with van der Waals surface area (Å²) in [5.74, 6) is -1.54. The Morgan fingerprint density at radius 3 is 2.12 bits per heavy atom. The number of ether oxygens (including phenoxy) is 2. The molecule has 25 heavy (non-hydrogen) atoms. The number of nitrogens with one attached hydrogen (secondary N) is 1. The minimum absolute atomic E-state index is 0.158. The number of esters is 1. The van der Waals surface area contributed by atoms with Gasteiger partial charge in [0, 0.05) is 6.42 Å². The smallest absolute Gasteiger partial charge is 0.408 e. The zero-order chi connectivity index (χ0) is 19.2. The van der Waals surface area contributed by atoms with Crippen molar-refractivity contribution in [2.45, 2.75) is 83.7 Å². The van der Waals surface area contributed by atoms with Crippen molar-refractivity contribution in [3.63, 3.8) is 0 Å². The van der Waals surface area contributed by atoms with Crippen molar-refractivity contribution in [3.8, 4) is 0 Å². The second-order valence-electron chi connectivity index (χ2n) is 8.38. The number of carbonyl (C=O) groups is 4. The molecule has 2 amide bonds. The molecule has 2 aliphatic heterocycles. The third-order valence-electron chi connectivity index (χ3n) is 3.83. The maximum atomic E-state index is 12.4. The highest BCUT2D eigenvalue weighted by atomic mass is 16.6. The van der Waals surface area contributed by atoms with E-state index in [9.17, 15) is 19.2 Å². The molecule has 0 aromatic carbocycles. The number of carbonyl (C=O) groups excluding carboxylic acids is 4. The number of Topliss-reactive ketones (excluding diaryl/α,β-unsaturated/α-hetero) is 1. The third-order valence-corrected chi connectivity index (χ3v) is 3.83.